The number of aromatic nitrogens is 3. The first-order chi connectivity index (χ1) is 17.6. The summed E-state index contributed by atoms with van der Waals surface area (Å²) >= 11 is 7.02. The first-order valence-corrected chi connectivity index (χ1v) is 14.0. The Morgan fingerprint density at radius 2 is 1.86 bits per heavy atom. The average Bonchev–Trinajstić information content (AvgIpc) is 3.61. The van der Waals surface area contributed by atoms with Crippen molar-refractivity contribution in [3.05, 3.63) is 71.0 Å². The zero-order valence-corrected chi connectivity index (χ0v) is 21.5. The number of anilines is 1. The number of nitrogens with two attached hydrogens (primary N) is 1. The lowest BCUT2D eigenvalue weighted by Gasteiger charge is -2.15. The molecule has 4 aromatic rings. The third-order valence-corrected chi connectivity index (χ3v) is 8.07. The lowest BCUT2D eigenvalue weighted by atomic mass is 9.99. The number of primary sulfonamides is 1. The molecule has 13 heteroatoms. The van der Waals surface area contributed by atoms with Gasteiger partial charge in [0.05, 0.1) is 27.0 Å². The molecule has 1 aromatic heterocycles. The van der Waals surface area contributed by atoms with Gasteiger partial charge in [-0.3, -0.25) is 9.36 Å². The summed E-state index contributed by atoms with van der Waals surface area (Å²) in [5, 5.41) is 17.2. The second kappa shape index (κ2) is 10.0. The Bertz CT molecular complexity index is 1620. The summed E-state index contributed by atoms with van der Waals surface area (Å²) in [6, 6.07) is 15.0. The molecule has 3 aromatic carbocycles. The molecule has 1 saturated carbocycles. The zero-order chi connectivity index (χ0) is 26.3. The maximum Gasteiger partial charge on any atom is 0.297 e. The van der Waals surface area contributed by atoms with Crippen LogP contribution in [0.4, 0.5) is 14.5 Å². The minimum atomic E-state index is -3.95. The van der Waals surface area contributed by atoms with Gasteiger partial charge in [-0.15, -0.1) is 10.2 Å². The number of fused-ring (bicyclic) bond motifs is 1. The van der Waals surface area contributed by atoms with E-state index in [0.29, 0.717) is 11.6 Å². The molecule has 0 bridgehead atoms. The fraction of sp³-hybridized carbons (Fsp3) is 0.208. The van der Waals surface area contributed by atoms with Crippen LogP contribution in [-0.4, -0.2) is 34.8 Å². The Morgan fingerprint density at radius 1 is 1.14 bits per heavy atom. The van der Waals surface area contributed by atoms with Crippen molar-refractivity contribution in [2.24, 2.45) is 5.14 Å². The number of thioether (sulfide) groups is 1. The molecule has 5 rings (SSSR count). The summed E-state index contributed by atoms with van der Waals surface area (Å²) in [7, 11) is -3.95. The van der Waals surface area contributed by atoms with Crippen LogP contribution in [0.1, 0.15) is 36.6 Å². The predicted octanol–water partition coefficient (Wildman–Crippen LogP) is 5.27. The highest BCUT2D eigenvalue weighted by atomic mass is 35.5. The molecule has 0 spiro atoms. The van der Waals surface area contributed by atoms with Crippen LogP contribution in [0.3, 0.4) is 0 Å². The molecular formula is C24H20ClF2N5O3S2. The van der Waals surface area contributed by atoms with Gasteiger partial charge in [0.15, 0.2) is 5.16 Å². The third-order valence-electron chi connectivity index (χ3n) is 5.92. The van der Waals surface area contributed by atoms with E-state index in [9.17, 15) is 22.0 Å². The van der Waals surface area contributed by atoms with Gasteiger partial charge in [-0.25, -0.2) is 22.3 Å². The number of hydrogen-bond acceptors (Lipinski definition) is 6. The van der Waals surface area contributed by atoms with Crippen molar-refractivity contribution >= 4 is 55.8 Å². The molecule has 8 nitrogen and oxygen atoms in total. The van der Waals surface area contributed by atoms with E-state index in [1.165, 1.54) is 22.3 Å². The second-order valence-corrected chi connectivity index (χ2v) is 11.4. The minimum Gasteiger partial charge on any atom is -0.324 e. The van der Waals surface area contributed by atoms with Crippen LogP contribution in [-0.2, 0) is 14.8 Å². The smallest absolute Gasteiger partial charge is 0.297 e. The van der Waals surface area contributed by atoms with Gasteiger partial charge in [0.2, 0.25) is 21.8 Å². The van der Waals surface area contributed by atoms with Crippen molar-refractivity contribution in [1.82, 2.24) is 14.8 Å². The molecule has 0 atom stereocenters. The summed E-state index contributed by atoms with van der Waals surface area (Å²) in [6.07, 6.45) is -0.680. The van der Waals surface area contributed by atoms with E-state index >= 15 is 0 Å². The topological polar surface area (TPSA) is 120 Å². The van der Waals surface area contributed by atoms with Crippen LogP contribution >= 0.6 is 23.4 Å². The summed E-state index contributed by atoms with van der Waals surface area (Å²) in [6.45, 7) is 0. The summed E-state index contributed by atoms with van der Waals surface area (Å²) in [4.78, 5) is 12.4. The number of benzene rings is 3. The Morgan fingerprint density at radius 3 is 2.51 bits per heavy atom. The van der Waals surface area contributed by atoms with Gasteiger partial charge in [0, 0.05) is 5.39 Å². The third kappa shape index (κ3) is 5.33. The maximum absolute atomic E-state index is 13.9. The van der Waals surface area contributed by atoms with Gasteiger partial charge in [-0.1, -0.05) is 53.7 Å². The lowest BCUT2D eigenvalue weighted by Crippen LogP contribution is -2.16. The van der Waals surface area contributed by atoms with Crippen molar-refractivity contribution in [3.63, 3.8) is 0 Å². The molecule has 192 valence electrons. The van der Waals surface area contributed by atoms with Crippen LogP contribution in [0, 0.1) is 0 Å². The quantitative estimate of drug-likeness (QED) is 0.282. The molecule has 1 heterocycles. The van der Waals surface area contributed by atoms with E-state index in [4.69, 9.17) is 16.7 Å². The van der Waals surface area contributed by atoms with E-state index in [0.717, 1.165) is 41.4 Å². The number of nitrogens with zero attached hydrogens (tertiary/aromatic N) is 3. The largest absolute Gasteiger partial charge is 0.324 e. The number of hydrogen-bond donors (Lipinski definition) is 2. The highest BCUT2D eigenvalue weighted by Crippen LogP contribution is 2.44. The lowest BCUT2D eigenvalue weighted by molar-refractivity contribution is -0.113. The highest BCUT2D eigenvalue weighted by Gasteiger charge is 2.28. The number of rotatable bonds is 8. The van der Waals surface area contributed by atoms with Crippen LogP contribution in [0.25, 0.3) is 16.5 Å². The second-order valence-electron chi connectivity index (χ2n) is 8.49. The van der Waals surface area contributed by atoms with Gasteiger partial charge in [-0.05, 0) is 54.0 Å². The molecule has 1 aliphatic carbocycles. The Kier molecular flexibility index (Phi) is 6.92. The van der Waals surface area contributed by atoms with Crippen molar-refractivity contribution in [3.8, 4) is 5.69 Å². The van der Waals surface area contributed by atoms with Gasteiger partial charge in [-0.2, -0.15) is 0 Å². The van der Waals surface area contributed by atoms with Crippen LogP contribution in [0.5, 0.6) is 0 Å². The summed E-state index contributed by atoms with van der Waals surface area (Å²) in [5.41, 5.74) is 1.87. The summed E-state index contributed by atoms with van der Waals surface area (Å²) < 4.78 is 52.1. The Balaban J connectivity index is 1.42. The van der Waals surface area contributed by atoms with E-state index < -0.39 is 28.2 Å². The summed E-state index contributed by atoms with van der Waals surface area (Å²) in [5.74, 6) is -0.740. The first kappa shape index (κ1) is 25.6. The fourth-order valence-corrected chi connectivity index (χ4v) is 5.67. The number of sulfonamides is 1. The first-order valence-electron chi connectivity index (χ1n) is 11.1. The number of halogens is 3. The molecule has 3 N–H and O–H groups in total. The van der Waals surface area contributed by atoms with Crippen LogP contribution in [0.15, 0.2) is 64.6 Å². The van der Waals surface area contributed by atoms with E-state index in [-0.39, 0.29) is 26.5 Å². The molecule has 1 aliphatic rings. The Labute approximate surface area is 220 Å². The van der Waals surface area contributed by atoms with Crippen molar-refractivity contribution in [2.75, 3.05) is 11.1 Å². The molecular weight excluding hydrogens is 544 g/mol. The minimum absolute atomic E-state index is 0.0183. The van der Waals surface area contributed by atoms with Crippen LogP contribution in [0.2, 0.25) is 5.02 Å². The fourth-order valence-electron chi connectivity index (χ4n) is 4.08. The van der Waals surface area contributed by atoms with E-state index in [1.807, 2.05) is 30.3 Å². The number of alkyl halides is 2. The highest BCUT2D eigenvalue weighted by molar-refractivity contribution is 7.99. The van der Waals surface area contributed by atoms with Crippen molar-refractivity contribution in [1.29, 1.82) is 0 Å². The number of carbonyl (C=O) groups excluding carboxylic acids is 1. The van der Waals surface area contributed by atoms with E-state index in [1.54, 1.807) is 6.07 Å². The zero-order valence-electron chi connectivity index (χ0n) is 19.1. The van der Waals surface area contributed by atoms with Gasteiger partial charge in [0.25, 0.3) is 6.43 Å². The van der Waals surface area contributed by atoms with Gasteiger partial charge < -0.3 is 5.32 Å². The molecule has 37 heavy (non-hydrogen) atoms. The molecule has 0 aliphatic heterocycles. The molecule has 0 radical (unpaired) electrons. The van der Waals surface area contributed by atoms with Crippen molar-refractivity contribution < 1.29 is 22.0 Å². The average molecular weight is 564 g/mol. The number of carbonyl (C=O) groups is 1. The Hall–Kier alpha value is -3.06. The monoisotopic (exact) mass is 563 g/mol. The van der Waals surface area contributed by atoms with Gasteiger partial charge in [0.1, 0.15) is 0 Å². The molecule has 0 unspecified atom stereocenters. The normalized spacial score (nSPS) is 13.9. The standard InChI is InChI=1S/C24H20ClF2N5O3S2/c25-18-11-14(37(28,34)35)7-9-19(18)29-21(33)12-36-24-31-30-23(22(26)27)32(24)20-10-8-15(13-5-6-13)16-3-1-2-4-17(16)20/h1-4,7-11,13,22H,5-6,12H2,(H,29,33)(H2,28,34,35). The maximum atomic E-state index is 13.9. The number of nitrogens with one attached hydrogen (secondary N) is 1. The van der Waals surface area contributed by atoms with Gasteiger partial charge >= 0.3 is 0 Å². The number of amides is 1. The molecule has 1 fully saturated rings. The van der Waals surface area contributed by atoms with Crippen LogP contribution < -0.4 is 10.5 Å². The molecule has 0 saturated heterocycles. The molecule has 1 amide bonds. The SMILES string of the molecule is NS(=O)(=O)c1ccc(NC(=O)CSc2nnc(C(F)F)n2-c2ccc(C3CC3)c3ccccc23)c(Cl)c1. The van der Waals surface area contributed by atoms with E-state index in [2.05, 4.69) is 15.5 Å². The predicted molar refractivity (Wildman–Crippen MR) is 138 cm³/mol. The van der Waals surface area contributed by atoms with Crippen molar-refractivity contribution in [2.45, 2.75) is 35.2 Å².